The summed E-state index contributed by atoms with van der Waals surface area (Å²) in [5.74, 6) is 0.622. The summed E-state index contributed by atoms with van der Waals surface area (Å²) in [5, 5.41) is 0. The van der Waals surface area contributed by atoms with Gasteiger partial charge >= 0.3 is 0 Å². The van der Waals surface area contributed by atoms with E-state index in [-0.39, 0.29) is 6.10 Å². The lowest BCUT2D eigenvalue weighted by Gasteiger charge is -2.30. The molecule has 1 heterocycles. The molecule has 1 fully saturated rings. The molecule has 0 radical (unpaired) electrons. The monoisotopic (exact) mass is 163 g/mol. The first-order valence-electron chi connectivity index (χ1n) is 3.76. The largest absolute Gasteiger partial charge is 0.374 e. The average Bonchev–Trinajstić information content (AvgIpc) is 2.05. The number of hydrogen-bond acceptors (Lipinski definition) is 2. The third-order valence-electron chi connectivity index (χ3n) is 1.84. The van der Waals surface area contributed by atoms with Crippen molar-refractivity contribution < 1.29 is 4.74 Å². The number of halogens is 1. The van der Waals surface area contributed by atoms with Crippen molar-refractivity contribution in [3.63, 3.8) is 0 Å². The maximum atomic E-state index is 5.65. The molecule has 1 aliphatic rings. The van der Waals surface area contributed by atoms with Crippen LogP contribution in [0, 0.1) is 0 Å². The second kappa shape index (κ2) is 4.16. The van der Waals surface area contributed by atoms with Gasteiger partial charge in [0.05, 0.1) is 12.7 Å². The number of alkyl halides is 1. The van der Waals surface area contributed by atoms with Crippen molar-refractivity contribution in [1.82, 2.24) is 4.90 Å². The van der Waals surface area contributed by atoms with E-state index < -0.39 is 0 Å². The first-order chi connectivity index (χ1) is 4.86. The molecular formula is C7H14ClNO. The van der Waals surface area contributed by atoms with Crippen molar-refractivity contribution >= 4 is 11.6 Å². The molecule has 0 spiro atoms. The Morgan fingerprint density at radius 1 is 1.70 bits per heavy atom. The molecule has 0 bridgehead atoms. The quantitative estimate of drug-likeness (QED) is 0.562. The van der Waals surface area contributed by atoms with Crippen LogP contribution >= 0.6 is 11.6 Å². The Morgan fingerprint density at radius 3 is 3.10 bits per heavy atom. The number of morpholine rings is 1. The van der Waals surface area contributed by atoms with E-state index in [4.69, 9.17) is 16.3 Å². The highest BCUT2D eigenvalue weighted by molar-refractivity contribution is 6.18. The summed E-state index contributed by atoms with van der Waals surface area (Å²) < 4.78 is 5.39. The average molecular weight is 164 g/mol. The van der Waals surface area contributed by atoms with Gasteiger partial charge in [-0.05, 0) is 6.54 Å². The summed E-state index contributed by atoms with van der Waals surface area (Å²) in [4.78, 5) is 2.36. The van der Waals surface area contributed by atoms with Crippen LogP contribution in [0.1, 0.15) is 6.92 Å². The van der Waals surface area contributed by atoms with E-state index in [2.05, 4.69) is 11.8 Å². The summed E-state index contributed by atoms with van der Waals surface area (Å²) in [6, 6.07) is 0. The lowest BCUT2D eigenvalue weighted by Crippen LogP contribution is -2.42. The van der Waals surface area contributed by atoms with Gasteiger partial charge in [0.2, 0.25) is 0 Å². The van der Waals surface area contributed by atoms with Crippen molar-refractivity contribution in [2.24, 2.45) is 0 Å². The van der Waals surface area contributed by atoms with E-state index in [1.807, 2.05) is 0 Å². The Labute approximate surface area is 67.1 Å². The second-order valence-electron chi connectivity index (χ2n) is 2.54. The summed E-state index contributed by atoms with van der Waals surface area (Å²) in [6.07, 6.45) is 0.260. The molecule has 0 aromatic carbocycles. The summed E-state index contributed by atoms with van der Waals surface area (Å²) >= 11 is 5.65. The Bertz CT molecular complexity index is 89.6. The Morgan fingerprint density at radius 2 is 2.50 bits per heavy atom. The molecule has 10 heavy (non-hydrogen) atoms. The van der Waals surface area contributed by atoms with Gasteiger partial charge in [-0.15, -0.1) is 11.6 Å². The molecule has 3 heteroatoms. The molecule has 0 unspecified atom stereocenters. The van der Waals surface area contributed by atoms with Crippen molar-refractivity contribution in [2.75, 3.05) is 32.1 Å². The highest BCUT2D eigenvalue weighted by Gasteiger charge is 2.17. The minimum absolute atomic E-state index is 0.260. The number of nitrogens with zero attached hydrogens (tertiary/aromatic N) is 1. The van der Waals surface area contributed by atoms with E-state index in [0.717, 1.165) is 26.2 Å². The number of rotatable bonds is 2. The molecule has 0 aliphatic carbocycles. The van der Waals surface area contributed by atoms with Crippen LogP contribution in [-0.2, 0) is 4.74 Å². The van der Waals surface area contributed by atoms with E-state index >= 15 is 0 Å². The fourth-order valence-electron chi connectivity index (χ4n) is 1.16. The standard InChI is InChI=1S/C7H14ClNO/c1-2-9-3-4-10-7(5-8)6-9/h7H,2-6H2,1H3/t7-/m1/s1. The fourth-order valence-corrected chi connectivity index (χ4v) is 1.35. The zero-order valence-corrected chi connectivity index (χ0v) is 7.10. The Balaban J connectivity index is 2.25. The van der Waals surface area contributed by atoms with Crippen LogP contribution in [0.15, 0.2) is 0 Å². The maximum absolute atomic E-state index is 5.65. The van der Waals surface area contributed by atoms with Crippen LogP contribution in [-0.4, -0.2) is 43.1 Å². The molecule has 1 aliphatic heterocycles. The van der Waals surface area contributed by atoms with Gasteiger partial charge in [-0.3, -0.25) is 4.90 Å². The normalized spacial score (nSPS) is 28.8. The molecule has 0 saturated carbocycles. The van der Waals surface area contributed by atoms with E-state index in [0.29, 0.717) is 5.88 Å². The van der Waals surface area contributed by atoms with Crippen LogP contribution in [0.5, 0.6) is 0 Å². The molecule has 1 saturated heterocycles. The van der Waals surface area contributed by atoms with Gasteiger partial charge < -0.3 is 4.74 Å². The van der Waals surface area contributed by atoms with Crippen LogP contribution < -0.4 is 0 Å². The SMILES string of the molecule is CCN1CCO[C@H](CCl)C1. The van der Waals surface area contributed by atoms with Crippen molar-refractivity contribution in [3.8, 4) is 0 Å². The molecular weight excluding hydrogens is 150 g/mol. The maximum Gasteiger partial charge on any atom is 0.0837 e. The lowest BCUT2D eigenvalue weighted by molar-refractivity contribution is -0.0144. The zero-order valence-electron chi connectivity index (χ0n) is 6.35. The molecule has 60 valence electrons. The number of likely N-dealkylation sites (N-methyl/N-ethyl adjacent to an activating group) is 1. The molecule has 0 aromatic rings. The third kappa shape index (κ3) is 2.11. The molecule has 1 atom stereocenters. The molecule has 1 rings (SSSR count). The van der Waals surface area contributed by atoms with Gasteiger partial charge in [-0.2, -0.15) is 0 Å². The van der Waals surface area contributed by atoms with Crippen molar-refractivity contribution in [2.45, 2.75) is 13.0 Å². The van der Waals surface area contributed by atoms with E-state index in [9.17, 15) is 0 Å². The van der Waals surface area contributed by atoms with Gasteiger partial charge in [0.15, 0.2) is 0 Å². The first-order valence-corrected chi connectivity index (χ1v) is 4.30. The third-order valence-corrected chi connectivity index (χ3v) is 2.19. The van der Waals surface area contributed by atoms with Gasteiger partial charge in [-0.1, -0.05) is 6.92 Å². The zero-order chi connectivity index (χ0) is 7.40. The van der Waals surface area contributed by atoms with Crippen LogP contribution in [0.2, 0.25) is 0 Å². The molecule has 2 nitrogen and oxygen atoms in total. The smallest absolute Gasteiger partial charge is 0.0837 e. The molecule has 0 N–H and O–H groups in total. The van der Waals surface area contributed by atoms with Crippen molar-refractivity contribution in [1.29, 1.82) is 0 Å². The van der Waals surface area contributed by atoms with Gasteiger partial charge in [0.25, 0.3) is 0 Å². The van der Waals surface area contributed by atoms with Crippen LogP contribution in [0.4, 0.5) is 0 Å². The Hall–Kier alpha value is 0.210. The lowest BCUT2D eigenvalue weighted by atomic mass is 10.3. The second-order valence-corrected chi connectivity index (χ2v) is 2.85. The topological polar surface area (TPSA) is 12.5 Å². The predicted molar refractivity (Wildman–Crippen MR) is 42.6 cm³/mol. The first kappa shape index (κ1) is 8.31. The van der Waals surface area contributed by atoms with Gasteiger partial charge in [0, 0.05) is 19.0 Å². The minimum Gasteiger partial charge on any atom is -0.374 e. The van der Waals surface area contributed by atoms with E-state index in [1.165, 1.54) is 0 Å². The Kier molecular flexibility index (Phi) is 3.46. The summed E-state index contributed by atoms with van der Waals surface area (Å²) in [7, 11) is 0. The van der Waals surface area contributed by atoms with Gasteiger partial charge in [-0.25, -0.2) is 0 Å². The van der Waals surface area contributed by atoms with Crippen LogP contribution in [0.3, 0.4) is 0 Å². The number of hydrogen-bond donors (Lipinski definition) is 0. The fraction of sp³-hybridized carbons (Fsp3) is 1.00. The highest BCUT2D eigenvalue weighted by atomic mass is 35.5. The van der Waals surface area contributed by atoms with Gasteiger partial charge in [0.1, 0.15) is 0 Å². The minimum atomic E-state index is 0.260. The predicted octanol–water partition coefficient (Wildman–Crippen LogP) is 0.946. The molecule has 0 amide bonds. The molecule has 0 aromatic heterocycles. The van der Waals surface area contributed by atoms with E-state index in [1.54, 1.807) is 0 Å². The number of ether oxygens (including phenoxy) is 1. The summed E-state index contributed by atoms with van der Waals surface area (Å²) in [5.41, 5.74) is 0. The summed E-state index contributed by atoms with van der Waals surface area (Å²) in [6.45, 7) is 6.17. The van der Waals surface area contributed by atoms with Crippen LogP contribution in [0.25, 0.3) is 0 Å². The van der Waals surface area contributed by atoms with Crippen molar-refractivity contribution in [3.05, 3.63) is 0 Å². The highest BCUT2D eigenvalue weighted by Crippen LogP contribution is 2.05.